The van der Waals surface area contributed by atoms with Gasteiger partial charge in [-0.3, -0.25) is 9.59 Å². The third-order valence-electron chi connectivity index (χ3n) is 4.33. The maximum atomic E-state index is 12.6. The Morgan fingerprint density at radius 3 is 2.26 bits per heavy atom. The molecule has 0 bridgehead atoms. The third kappa shape index (κ3) is 2.05. The van der Waals surface area contributed by atoms with Gasteiger partial charge in [-0.25, -0.2) is 0 Å². The number of H-pyrrole nitrogens is 1. The van der Waals surface area contributed by atoms with E-state index in [4.69, 9.17) is 0 Å². The van der Waals surface area contributed by atoms with Crippen molar-refractivity contribution in [3.63, 3.8) is 0 Å². The summed E-state index contributed by atoms with van der Waals surface area (Å²) in [5, 5.41) is 0.983. The van der Waals surface area contributed by atoms with Crippen LogP contribution < -0.4 is 0 Å². The number of para-hydroxylation sites is 1. The average Bonchev–Trinajstić information content (AvgIpc) is 3.03. The lowest BCUT2D eigenvalue weighted by Crippen LogP contribution is -1.97. The molecular weight excluding hydrogens is 286 g/mol. The Morgan fingerprint density at radius 2 is 1.48 bits per heavy atom. The summed E-state index contributed by atoms with van der Waals surface area (Å²) in [5.74, 6) is -0.192. The molecule has 0 saturated carbocycles. The predicted molar refractivity (Wildman–Crippen MR) is 90.9 cm³/mol. The van der Waals surface area contributed by atoms with Crippen molar-refractivity contribution in [2.45, 2.75) is 13.3 Å². The molecule has 112 valence electrons. The van der Waals surface area contributed by atoms with Gasteiger partial charge in [0.25, 0.3) is 0 Å². The number of rotatable bonds is 2. The van der Waals surface area contributed by atoms with Crippen molar-refractivity contribution < 1.29 is 9.59 Å². The van der Waals surface area contributed by atoms with E-state index in [-0.39, 0.29) is 18.0 Å². The van der Waals surface area contributed by atoms with Crippen molar-refractivity contribution in [3.8, 4) is 0 Å². The van der Waals surface area contributed by atoms with Crippen LogP contribution in [-0.4, -0.2) is 16.6 Å². The number of nitrogens with one attached hydrogen (secondary N) is 1. The lowest BCUT2D eigenvalue weighted by atomic mass is 9.94. The molecule has 4 rings (SSSR count). The number of aromatic amines is 1. The number of aromatic nitrogens is 1. The average molecular weight is 301 g/mol. The van der Waals surface area contributed by atoms with Crippen LogP contribution in [0.3, 0.4) is 0 Å². The van der Waals surface area contributed by atoms with Crippen molar-refractivity contribution in [1.29, 1.82) is 0 Å². The first-order valence-corrected chi connectivity index (χ1v) is 7.60. The zero-order chi connectivity index (χ0) is 16.0. The molecule has 23 heavy (non-hydrogen) atoms. The van der Waals surface area contributed by atoms with Gasteiger partial charge < -0.3 is 4.98 Å². The number of carbonyl (C=O) groups excluding carboxylic acids is 2. The van der Waals surface area contributed by atoms with Gasteiger partial charge in [-0.05, 0) is 18.6 Å². The summed E-state index contributed by atoms with van der Waals surface area (Å²) in [6.45, 7) is 1.95. The van der Waals surface area contributed by atoms with E-state index in [1.807, 2.05) is 61.5 Å². The Morgan fingerprint density at radius 1 is 0.826 bits per heavy atom. The Labute approximate surface area is 133 Å². The summed E-state index contributed by atoms with van der Waals surface area (Å²) >= 11 is 0. The fourth-order valence-corrected chi connectivity index (χ4v) is 3.37. The number of hydrogen-bond donors (Lipinski definition) is 1. The van der Waals surface area contributed by atoms with E-state index in [1.165, 1.54) is 0 Å². The van der Waals surface area contributed by atoms with E-state index in [2.05, 4.69) is 4.98 Å². The van der Waals surface area contributed by atoms with Gasteiger partial charge in [0.15, 0.2) is 11.6 Å². The number of benzene rings is 2. The van der Waals surface area contributed by atoms with Crippen LogP contribution in [0.2, 0.25) is 0 Å². The normalized spacial score (nSPS) is 15.0. The molecule has 0 radical (unpaired) electrons. The van der Waals surface area contributed by atoms with Gasteiger partial charge >= 0.3 is 0 Å². The standard InChI is InChI=1S/C20H15NO2/c1-12-18(14-9-5-6-10-15(14)21-12)20-17(23)11-16(22)19(20)13-7-3-2-4-8-13/h2-10,21H,11H2,1H3. The number of carbonyl (C=O) groups is 2. The molecule has 3 aromatic rings. The summed E-state index contributed by atoms with van der Waals surface area (Å²) in [6.07, 6.45) is -0.0431. The highest BCUT2D eigenvalue weighted by Crippen LogP contribution is 2.39. The van der Waals surface area contributed by atoms with Gasteiger partial charge in [-0.1, -0.05) is 48.5 Å². The van der Waals surface area contributed by atoms with E-state index in [0.29, 0.717) is 11.1 Å². The molecular formula is C20H15NO2. The predicted octanol–water partition coefficient (Wildman–Crippen LogP) is 3.93. The van der Waals surface area contributed by atoms with Crippen molar-refractivity contribution in [2.24, 2.45) is 0 Å². The van der Waals surface area contributed by atoms with Gasteiger partial charge in [-0.15, -0.1) is 0 Å². The first kappa shape index (κ1) is 13.7. The molecule has 0 atom stereocenters. The number of Topliss-reactive ketones (excluding diaryl/α,β-unsaturated/α-hetero) is 2. The van der Waals surface area contributed by atoms with Crippen LogP contribution in [0.1, 0.15) is 23.2 Å². The first-order chi connectivity index (χ1) is 11.2. The topological polar surface area (TPSA) is 49.9 Å². The van der Waals surface area contributed by atoms with Gasteiger partial charge in [0.2, 0.25) is 0 Å². The highest BCUT2D eigenvalue weighted by atomic mass is 16.2. The highest BCUT2D eigenvalue weighted by Gasteiger charge is 2.34. The van der Waals surface area contributed by atoms with E-state index < -0.39 is 0 Å². The molecule has 1 aromatic heterocycles. The van der Waals surface area contributed by atoms with Gasteiger partial charge in [-0.2, -0.15) is 0 Å². The summed E-state index contributed by atoms with van der Waals surface area (Å²) < 4.78 is 0. The molecule has 0 amide bonds. The lowest BCUT2D eigenvalue weighted by Gasteiger charge is -2.06. The molecule has 2 aromatic carbocycles. The van der Waals surface area contributed by atoms with Gasteiger partial charge in [0, 0.05) is 33.3 Å². The summed E-state index contributed by atoms with van der Waals surface area (Å²) in [5.41, 5.74) is 4.66. The molecule has 1 N–H and O–H groups in total. The molecule has 0 unspecified atom stereocenters. The van der Waals surface area contributed by atoms with E-state index in [0.717, 1.165) is 27.7 Å². The smallest absolute Gasteiger partial charge is 0.172 e. The number of allylic oxidation sites excluding steroid dienone is 2. The van der Waals surface area contributed by atoms with Gasteiger partial charge in [0.05, 0.1) is 6.42 Å². The molecule has 3 heteroatoms. The molecule has 0 saturated heterocycles. The maximum absolute atomic E-state index is 12.6. The quantitative estimate of drug-likeness (QED) is 0.729. The van der Waals surface area contributed by atoms with E-state index >= 15 is 0 Å². The Kier molecular flexibility index (Phi) is 3.01. The summed E-state index contributed by atoms with van der Waals surface area (Å²) in [4.78, 5) is 28.3. The van der Waals surface area contributed by atoms with Crippen molar-refractivity contribution >= 4 is 33.6 Å². The number of aryl methyl sites for hydroxylation is 1. The molecule has 3 nitrogen and oxygen atoms in total. The Bertz CT molecular complexity index is 977. The zero-order valence-electron chi connectivity index (χ0n) is 12.7. The highest BCUT2D eigenvalue weighted by molar-refractivity contribution is 6.51. The molecule has 1 heterocycles. The fraction of sp³-hybridized carbons (Fsp3) is 0.100. The Hall–Kier alpha value is -2.94. The molecule has 0 spiro atoms. The first-order valence-electron chi connectivity index (χ1n) is 7.60. The maximum Gasteiger partial charge on any atom is 0.172 e. The minimum atomic E-state index is -0.0964. The minimum absolute atomic E-state index is 0.0431. The second kappa shape index (κ2) is 5.06. The molecule has 0 aliphatic heterocycles. The van der Waals surface area contributed by atoms with E-state index in [9.17, 15) is 9.59 Å². The Balaban J connectivity index is 2.07. The second-order valence-electron chi connectivity index (χ2n) is 5.81. The monoisotopic (exact) mass is 301 g/mol. The van der Waals surface area contributed by atoms with Crippen LogP contribution in [0.5, 0.6) is 0 Å². The van der Waals surface area contributed by atoms with Crippen molar-refractivity contribution in [3.05, 3.63) is 71.4 Å². The molecule has 1 aliphatic carbocycles. The van der Waals surface area contributed by atoms with Crippen LogP contribution in [0, 0.1) is 6.92 Å². The van der Waals surface area contributed by atoms with Crippen LogP contribution in [0.25, 0.3) is 22.0 Å². The second-order valence-corrected chi connectivity index (χ2v) is 5.81. The van der Waals surface area contributed by atoms with Crippen molar-refractivity contribution in [2.75, 3.05) is 0 Å². The lowest BCUT2D eigenvalue weighted by molar-refractivity contribution is -0.119. The third-order valence-corrected chi connectivity index (χ3v) is 4.33. The SMILES string of the molecule is Cc1[nH]c2ccccc2c1C1=C(c2ccccc2)C(=O)CC1=O. The number of ketones is 2. The molecule has 1 aliphatic rings. The number of fused-ring (bicyclic) bond motifs is 1. The van der Waals surface area contributed by atoms with Crippen LogP contribution in [0.4, 0.5) is 0 Å². The molecule has 0 fully saturated rings. The van der Waals surface area contributed by atoms with Gasteiger partial charge in [0.1, 0.15) is 0 Å². The van der Waals surface area contributed by atoms with Crippen LogP contribution in [0.15, 0.2) is 54.6 Å². The van der Waals surface area contributed by atoms with E-state index in [1.54, 1.807) is 0 Å². The largest absolute Gasteiger partial charge is 0.358 e. The minimum Gasteiger partial charge on any atom is -0.358 e. The summed E-state index contributed by atoms with van der Waals surface area (Å²) in [7, 11) is 0. The number of hydrogen-bond acceptors (Lipinski definition) is 2. The fourth-order valence-electron chi connectivity index (χ4n) is 3.37. The van der Waals surface area contributed by atoms with Crippen molar-refractivity contribution in [1.82, 2.24) is 4.98 Å². The van der Waals surface area contributed by atoms with Crippen LogP contribution in [-0.2, 0) is 9.59 Å². The summed E-state index contributed by atoms with van der Waals surface area (Å²) in [6, 6.07) is 17.3. The zero-order valence-corrected chi connectivity index (χ0v) is 12.7. The van der Waals surface area contributed by atoms with Crippen LogP contribution >= 0.6 is 0 Å².